The van der Waals surface area contributed by atoms with Crippen LogP contribution in [0.1, 0.15) is 40.3 Å². The zero-order valence-corrected chi connectivity index (χ0v) is 24.2. The fraction of sp³-hybridized carbons (Fsp3) is 0.242. The van der Waals surface area contributed by atoms with E-state index in [9.17, 15) is 18.3 Å². The van der Waals surface area contributed by atoms with Gasteiger partial charge >= 0.3 is 10.2 Å². The third-order valence-electron chi connectivity index (χ3n) is 7.93. The summed E-state index contributed by atoms with van der Waals surface area (Å²) in [6.45, 7) is 0.527. The van der Waals surface area contributed by atoms with Gasteiger partial charge in [-0.05, 0) is 41.2 Å². The molecular weight excluding hydrogens is 569 g/mol. The second kappa shape index (κ2) is 12.2. The monoisotopic (exact) mass is 601 g/mol. The number of ether oxygens (including phenoxy) is 1. The molecule has 43 heavy (non-hydrogen) atoms. The van der Waals surface area contributed by atoms with E-state index in [1.54, 1.807) is 6.07 Å². The Morgan fingerprint density at radius 2 is 1.47 bits per heavy atom. The van der Waals surface area contributed by atoms with Gasteiger partial charge in [0.15, 0.2) is 5.82 Å². The number of hydrogen-bond donors (Lipinski definition) is 2. The fourth-order valence-corrected chi connectivity index (χ4v) is 7.05. The lowest BCUT2D eigenvalue weighted by atomic mass is 9.83. The van der Waals surface area contributed by atoms with Gasteiger partial charge in [0, 0.05) is 24.7 Å². The van der Waals surface area contributed by atoms with Crippen molar-refractivity contribution in [1.82, 2.24) is 9.62 Å². The van der Waals surface area contributed by atoms with E-state index in [0.29, 0.717) is 35.8 Å². The van der Waals surface area contributed by atoms with Crippen molar-refractivity contribution < 1.29 is 27.4 Å². The van der Waals surface area contributed by atoms with Crippen LogP contribution in [-0.4, -0.2) is 36.9 Å². The molecule has 1 aliphatic heterocycles. The van der Waals surface area contributed by atoms with E-state index >= 15 is 4.39 Å². The first-order valence-electron chi connectivity index (χ1n) is 14.2. The molecule has 4 aromatic carbocycles. The highest BCUT2D eigenvalue weighted by Gasteiger charge is 2.42. The summed E-state index contributed by atoms with van der Waals surface area (Å²) in [4.78, 5) is 14.3. The van der Waals surface area contributed by atoms with Crippen LogP contribution in [-0.2, 0) is 41.1 Å². The van der Waals surface area contributed by atoms with E-state index in [2.05, 4.69) is 4.90 Å². The summed E-state index contributed by atoms with van der Waals surface area (Å²) in [7, 11) is -4.35. The van der Waals surface area contributed by atoms with Crippen molar-refractivity contribution in [3.05, 3.63) is 131 Å². The maximum Gasteiger partial charge on any atom is 0.326 e. The molecule has 222 valence electrons. The van der Waals surface area contributed by atoms with Crippen LogP contribution in [0, 0.1) is 5.82 Å². The van der Waals surface area contributed by atoms with E-state index in [0.717, 1.165) is 16.7 Å². The zero-order valence-electron chi connectivity index (χ0n) is 23.4. The lowest BCUT2D eigenvalue weighted by Gasteiger charge is -2.39. The molecular formula is C33H32FN3O5S. The summed E-state index contributed by atoms with van der Waals surface area (Å²) in [6, 6.07) is 30.1. The number of amides is 1. The number of nitrogens with one attached hydrogen (secondary N) is 1. The van der Waals surface area contributed by atoms with Gasteiger partial charge in [-0.25, -0.2) is 13.4 Å². The number of aliphatic hydroxyl groups excluding tert-OH is 1. The molecule has 0 bridgehead atoms. The van der Waals surface area contributed by atoms with Crippen molar-refractivity contribution in [3.8, 4) is 5.75 Å². The van der Waals surface area contributed by atoms with E-state index in [-0.39, 0.29) is 23.6 Å². The molecule has 1 aliphatic carbocycles. The van der Waals surface area contributed by atoms with E-state index in [4.69, 9.17) is 4.74 Å². The summed E-state index contributed by atoms with van der Waals surface area (Å²) >= 11 is 0. The van der Waals surface area contributed by atoms with Crippen molar-refractivity contribution in [3.63, 3.8) is 0 Å². The summed E-state index contributed by atoms with van der Waals surface area (Å²) < 4.78 is 51.1. The maximum absolute atomic E-state index is 16.7. The Morgan fingerprint density at radius 3 is 2.00 bits per heavy atom. The first kappa shape index (κ1) is 28.9. The molecule has 6 rings (SSSR count). The molecule has 1 saturated heterocycles. The summed E-state index contributed by atoms with van der Waals surface area (Å²) in [5.74, 6) is -1.69. The third-order valence-corrected chi connectivity index (χ3v) is 9.31. The van der Waals surface area contributed by atoms with Gasteiger partial charge in [-0.2, -0.15) is 8.42 Å². The van der Waals surface area contributed by atoms with E-state index in [1.807, 2.05) is 95.7 Å². The molecule has 2 N–H and O–H groups in total. The van der Waals surface area contributed by atoms with Crippen LogP contribution in [0.4, 0.5) is 10.1 Å². The number of anilines is 1. The standard InChI is InChI=1S/C33H32FN3O5S/c34-31-30-26(18-28(42-22-25-14-8-3-9-15-25)32(31)37-21-29(38)35-43(37,40)41)16-17-27(33(30)39)36(19-23-10-4-1-5-11-23)20-24-12-6-2-7-13-24/h1-15,18,27,33,39H,16-17,19-22H2,(H,35,38)/t27-,33+/m1/s1. The number of fused-ring (bicyclic) bond motifs is 1. The number of benzene rings is 4. The predicted octanol–water partition coefficient (Wildman–Crippen LogP) is 4.64. The Balaban J connectivity index is 1.39. The number of hydrogen-bond acceptors (Lipinski definition) is 6. The number of nitrogens with zero attached hydrogens (tertiary/aromatic N) is 2. The molecule has 1 amide bonds. The Labute approximate surface area is 250 Å². The Morgan fingerprint density at radius 1 is 0.907 bits per heavy atom. The van der Waals surface area contributed by atoms with Gasteiger partial charge in [0.25, 0.3) is 5.91 Å². The SMILES string of the molecule is O=C1CN(c2c(OCc3ccccc3)cc3c(c2F)[C@@H](O)[C@H](N(Cc2ccccc2)Cc2ccccc2)CC3)S(=O)(=O)N1. The number of carbonyl (C=O) groups excluding carboxylic acids is 1. The smallest absolute Gasteiger partial charge is 0.326 e. The topological polar surface area (TPSA) is 99.2 Å². The second-order valence-corrected chi connectivity index (χ2v) is 12.4. The highest BCUT2D eigenvalue weighted by atomic mass is 32.2. The van der Waals surface area contributed by atoms with Crippen LogP contribution in [0.2, 0.25) is 0 Å². The normalized spacial score (nSPS) is 19.2. The Hall–Kier alpha value is -4.25. The minimum absolute atomic E-state index is 0.00347. The van der Waals surface area contributed by atoms with E-state index in [1.165, 1.54) is 0 Å². The largest absolute Gasteiger partial charge is 0.487 e. The highest BCUT2D eigenvalue weighted by molar-refractivity contribution is 7.92. The molecule has 8 nitrogen and oxygen atoms in total. The van der Waals surface area contributed by atoms with Gasteiger partial charge in [0.1, 0.15) is 24.6 Å². The zero-order chi connectivity index (χ0) is 30.0. The molecule has 2 aliphatic rings. The van der Waals surface area contributed by atoms with Gasteiger partial charge < -0.3 is 9.84 Å². The lowest BCUT2D eigenvalue weighted by Crippen LogP contribution is -2.42. The van der Waals surface area contributed by atoms with Gasteiger partial charge in [-0.3, -0.25) is 9.69 Å². The lowest BCUT2D eigenvalue weighted by molar-refractivity contribution is -0.117. The minimum Gasteiger partial charge on any atom is -0.487 e. The summed E-state index contributed by atoms with van der Waals surface area (Å²) in [5, 5.41) is 11.8. The number of aliphatic hydroxyl groups is 1. The summed E-state index contributed by atoms with van der Waals surface area (Å²) in [6.07, 6.45) is -0.265. The number of carbonyl (C=O) groups is 1. The third kappa shape index (κ3) is 6.13. The van der Waals surface area contributed by atoms with Crippen LogP contribution in [0.3, 0.4) is 0 Å². The van der Waals surface area contributed by atoms with Crippen molar-refractivity contribution >= 4 is 21.8 Å². The van der Waals surface area contributed by atoms with Gasteiger partial charge in [-0.1, -0.05) is 91.0 Å². The molecule has 0 saturated carbocycles. The van der Waals surface area contributed by atoms with Crippen molar-refractivity contribution in [2.45, 2.75) is 44.7 Å². The van der Waals surface area contributed by atoms with Crippen LogP contribution >= 0.6 is 0 Å². The molecule has 1 fully saturated rings. The fourth-order valence-electron chi connectivity index (χ4n) is 5.89. The maximum atomic E-state index is 16.7. The molecule has 0 radical (unpaired) electrons. The van der Waals surface area contributed by atoms with Gasteiger partial charge in [-0.15, -0.1) is 0 Å². The number of halogens is 1. The van der Waals surface area contributed by atoms with Crippen molar-refractivity contribution in [2.24, 2.45) is 0 Å². The van der Waals surface area contributed by atoms with Crippen molar-refractivity contribution in [1.29, 1.82) is 0 Å². The molecule has 0 spiro atoms. The highest BCUT2D eigenvalue weighted by Crippen LogP contribution is 2.45. The summed E-state index contributed by atoms with van der Waals surface area (Å²) in [5.41, 5.74) is 3.10. The first-order chi connectivity index (χ1) is 20.8. The average molecular weight is 602 g/mol. The Kier molecular flexibility index (Phi) is 8.16. The first-order valence-corrected chi connectivity index (χ1v) is 15.6. The van der Waals surface area contributed by atoms with Gasteiger partial charge in [0.05, 0.1) is 6.10 Å². The van der Waals surface area contributed by atoms with E-state index < -0.39 is 40.6 Å². The molecule has 10 heteroatoms. The molecule has 1 heterocycles. The molecule has 0 aromatic heterocycles. The van der Waals surface area contributed by atoms with Gasteiger partial charge in [0.2, 0.25) is 0 Å². The quantitative estimate of drug-likeness (QED) is 0.290. The predicted molar refractivity (Wildman–Crippen MR) is 161 cm³/mol. The minimum atomic E-state index is -4.35. The molecule has 2 atom stereocenters. The second-order valence-electron chi connectivity index (χ2n) is 10.8. The molecule has 4 aromatic rings. The van der Waals surface area contributed by atoms with Crippen LogP contribution < -0.4 is 13.8 Å². The number of aryl methyl sites for hydroxylation is 1. The Bertz CT molecular complexity index is 1660. The van der Waals surface area contributed by atoms with Crippen molar-refractivity contribution in [2.75, 3.05) is 10.8 Å². The molecule has 0 unspecified atom stereocenters. The van der Waals surface area contributed by atoms with Crippen LogP contribution in [0.5, 0.6) is 5.75 Å². The average Bonchev–Trinajstić information content (AvgIpc) is 3.28. The van der Waals surface area contributed by atoms with Crippen LogP contribution in [0.15, 0.2) is 97.1 Å². The number of rotatable bonds is 9. The van der Waals surface area contributed by atoms with Crippen LogP contribution in [0.25, 0.3) is 0 Å².